The fourth-order valence-electron chi connectivity index (χ4n) is 1.72. The van der Waals surface area contributed by atoms with Gasteiger partial charge in [0.25, 0.3) is 0 Å². The van der Waals surface area contributed by atoms with Crippen LogP contribution in [0.2, 0.25) is 0 Å². The van der Waals surface area contributed by atoms with Gasteiger partial charge in [-0.1, -0.05) is 0 Å². The lowest BCUT2D eigenvalue weighted by Gasteiger charge is -2.13. The maximum Gasteiger partial charge on any atom is 0.237 e. The maximum absolute atomic E-state index is 11.8. The molecule has 5 nitrogen and oxygen atoms in total. The summed E-state index contributed by atoms with van der Waals surface area (Å²) in [6.07, 6.45) is 4.21. The van der Waals surface area contributed by atoms with Crippen LogP contribution in [0.3, 0.4) is 0 Å². The fourth-order valence-corrected chi connectivity index (χ4v) is 1.72. The van der Waals surface area contributed by atoms with Crippen LogP contribution in [0.1, 0.15) is 25.5 Å². The predicted molar refractivity (Wildman–Crippen MR) is 71.6 cm³/mol. The van der Waals surface area contributed by atoms with Crippen LogP contribution >= 0.6 is 0 Å². The molecule has 0 aliphatic heterocycles. The van der Waals surface area contributed by atoms with E-state index in [-0.39, 0.29) is 11.9 Å². The van der Waals surface area contributed by atoms with E-state index in [1.165, 1.54) is 12.8 Å². The van der Waals surface area contributed by atoms with Crippen molar-refractivity contribution in [3.8, 4) is 0 Å². The molecule has 1 aliphatic carbocycles. The SMILES string of the molecule is CC(NCCOCC1CC1)C(=O)NCc1ccco1. The predicted octanol–water partition coefficient (Wildman–Crippen LogP) is 1.30. The highest BCUT2D eigenvalue weighted by atomic mass is 16.5. The van der Waals surface area contributed by atoms with Crippen LogP contribution in [0.4, 0.5) is 0 Å². The number of furan rings is 1. The van der Waals surface area contributed by atoms with Crippen LogP contribution in [0, 0.1) is 5.92 Å². The molecule has 1 amide bonds. The molecule has 0 bridgehead atoms. The van der Waals surface area contributed by atoms with Crippen molar-refractivity contribution in [2.75, 3.05) is 19.8 Å². The summed E-state index contributed by atoms with van der Waals surface area (Å²) < 4.78 is 10.6. The molecule has 106 valence electrons. The second-order valence-electron chi connectivity index (χ2n) is 4.99. The summed E-state index contributed by atoms with van der Waals surface area (Å²) in [4.78, 5) is 11.8. The summed E-state index contributed by atoms with van der Waals surface area (Å²) in [5, 5.41) is 5.96. The van der Waals surface area contributed by atoms with Crippen LogP contribution in [-0.4, -0.2) is 31.7 Å². The number of carbonyl (C=O) groups excluding carboxylic acids is 1. The molecule has 1 unspecified atom stereocenters. The first kappa shape index (κ1) is 14.1. The van der Waals surface area contributed by atoms with Gasteiger partial charge in [-0.3, -0.25) is 4.79 Å². The minimum atomic E-state index is -0.223. The standard InChI is InChI=1S/C14H22N2O3/c1-11(15-6-8-18-10-12-4-5-12)14(17)16-9-13-3-2-7-19-13/h2-3,7,11-12,15H,4-6,8-10H2,1H3,(H,16,17). The van der Waals surface area contributed by atoms with E-state index in [0.29, 0.717) is 19.7 Å². The molecule has 1 saturated carbocycles. The van der Waals surface area contributed by atoms with Crippen molar-refractivity contribution in [2.45, 2.75) is 32.4 Å². The summed E-state index contributed by atoms with van der Waals surface area (Å²) >= 11 is 0. The first-order valence-corrected chi connectivity index (χ1v) is 6.87. The second kappa shape index (κ2) is 7.31. The molecule has 0 spiro atoms. The van der Waals surface area contributed by atoms with Crippen LogP contribution in [0.25, 0.3) is 0 Å². The van der Waals surface area contributed by atoms with Crippen molar-refractivity contribution in [2.24, 2.45) is 5.92 Å². The van der Waals surface area contributed by atoms with Gasteiger partial charge in [-0.05, 0) is 37.8 Å². The van der Waals surface area contributed by atoms with Crippen molar-refractivity contribution >= 4 is 5.91 Å². The van der Waals surface area contributed by atoms with Crippen LogP contribution in [0.15, 0.2) is 22.8 Å². The molecular weight excluding hydrogens is 244 g/mol. The summed E-state index contributed by atoms with van der Waals surface area (Å²) in [5.74, 6) is 1.51. The summed E-state index contributed by atoms with van der Waals surface area (Å²) in [5.41, 5.74) is 0. The fraction of sp³-hybridized carbons (Fsp3) is 0.643. The topological polar surface area (TPSA) is 63.5 Å². The van der Waals surface area contributed by atoms with Crippen molar-refractivity contribution in [3.63, 3.8) is 0 Å². The average Bonchev–Trinajstić information content (AvgIpc) is 3.09. The number of rotatable bonds is 9. The molecule has 1 heterocycles. The third-order valence-electron chi connectivity index (χ3n) is 3.16. The Hall–Kier alpha value is -1.33. The van der Waals surface area contributed by atoms with E-state index in [1.54, 1.807) is 12.3 Å². The zero-order chi connectivity index (χ0) is 13.5. The van der Waals surface area contributed by atoms with Gasteiger partial charge in [0, 0.05) is 13.2 Å². The molecule has 1 atom stereocenters. The molecule has 0 radical (unpaired) electrons. The number of hydrogen-bond donors (Lipinski definition) is 2. The van der Waals surface area contributed by atoms with E-state index >= 15 is 0 Å². The molecule has 19 heavy (non-hydrogen) atoms. The Morgan fingerprint density at radius 2 is 2.42 bits per heavy atom. The smallest absolute Gasteiger partial charge is 0.237 e. The van der Waals surface area contributed by atoms with Gasteiger partial charge in [-0.15, -0.1) is 0 Å². The number of hydrogen-bond acceptors (Lipinski definition) is 4. The van der Waals surface area contributed by atoms with Gasteiger partial charge < -0.3 is 19.8 Å². The Balaban J connectivity index is 1.51. The van der Waals surface area contributed by atoms with Gasteiger partial charge in [0.15, 0.2) is 0 Å². The van der Waals surface area contributed by atoms with E-state index in [2.05, 4.69) is 10.6 Å². The van der Waals surface area contributed by atoms with Gasteiger partial charge in [0.2, 0.25) is 5.91 Å². The third kappa shape index (κ3) is 5.44. The molecule has 0 aromatic carbocycles. The molecule has 2 N–H and O–H groups in total. The van der Waals surface area contributed by atoms with Gasteiger partial charge in [-0.25, -0.2) is 0 Å². The third-order valence-corrected chi connectivity index (χ3v) is 3.16. The van der Waals surface area contributed by atoms with Crippen molar-refractivity contribution in [1.82, 2.24) is 10.6 Å². The Kier molecular flexibility index (Phi) is 5.42. The zero-order valence-corrected chi connectivity index (χ0v) is 11.4. The van der Waals surface area contributed by atoms with Crippen LogP contribution < -0.4 is 10.6 Å². The highest BCUT2D eigenvalue weighted by molar-refractivity contribution is 5.81. The molecule has 2 rings (SSSR count). The lowest BCUT2D eigenvalue weighted by atomic mass is 10.3. The minimum Gasteiger partial charge on any atom is -0.467 e. The molecule has 1 aromatic heterocycles. The Morgan fingerprint density at radius 3 is 3.11 bits per heavy atom. The number of carbonyl (C=O) groups is 1. The Labute approximate surface area is 113 Å². The van der Waals surface area contributed by atoms with E-state index in [0.717, 1.165) is 18.3 Å². The van der Waals surface area contributed by atoms with E-state index in [4.69, 9.17) is 9.15 Å². The van der Waals surface area contributed by atoms with Gasteiger partial charge >= 0.3 is 0 Å². The summed E-state index contributed by atoms with van der Waals surface area (Å²) in [6.45, 7) is 4.49. The lowest BCUT2D eigenvalue weighted by Crippen LogP contribution is -2.43. The van der Waals surface area contributed by atoms with Gasteiger partial charge in [0.05, 0.1) is 25.5 Å². The normalized spacial score (nSPS) is 16.3. The maximum atomic E-state index is 11.8. The van der Waals surface area contributed by atoms with E-state index in [1.807, 2.05) is 13.0 Å². The quantitative estimate of drug-likeness (QED) is 0.661. The highest BCUT2D eigenvalue weighted by Crippen LogP contribution is 2.28. The first-order valence-electron chi connectivity index (χ1n) is 6.87. The highest BCUT2D eigenvalue weighted by Gasteiger charge is 2.21. The Bertz CT molecular complexity index is 374. The van der Waals surface area contributed by atoms with Crippen LogP contribution in [0.5, 0.6) is 0 Å². The summed E-state index contributed by atoms with van der Waals surface area (Å²) in [6, 6.07) is 3.42. The molecule has 5 heteroatoms. The minimum absolute atomic E-state index is 0.0291. The lowest BCUT2D eigenvalue weighted by molar-refractivity contribution is -0.123. The average molecular weight is 266 g/mol. The second-order valence-corrected chi connectivity index (χ2v) is 4.99. The monoisotopic (exact) mass is 266 g/mol. The first-order chi connectivity index (χ1) is 9.25. The van der Waals surface area contributed by atoms with Gasteiger partial charge in [-0.2, -0.15) is 0 Å². The number of nitrogens with one attached hydrogen (secondary N) is 2. The molecule has 1 aromatic rings. The van der Waals surface area contributed by atoms with E-state index < -0.39 is 0 Å². The van der Waals surface area contributed by atoms with E-state index in [9.17, 15) is 4.79 Å². The van der Waals surface area contributed by atoms with Crippen molar-refractivity contribution in [1.29, 1.82) is 0 Å². The molecule has 0 saturated heterocycles. The molecular formula is C14H22N2O3. The molecule has 1 fully saturated rings. The zero-order valence-electron chi connectivity index (χ0n) is 11.4. The van der Waals surface area contributed by atoms with Crippen molar-refractivity contribution < 1.29 is 13.9 Å². The number of amides is 1. The molecule has 1 aliphatic rings. The van der Waals surface area contributed by atoms with Gasteiger partial charge in [0.1, 0.15) is 5.76 Å². The largest absolute Gasteiger partial charge is 0.467 e. The Morgan fingerprint density at radius 1 is 1.58 bits per heavy atom. The summed E-state index contributed by atoms with van der Waals surface area (Å²) in [7, 11) is 0. The number of ether oxygens (including phenoxy) is 1. The van der Waals surface area contributed by atoms with Crippen LogP contribution in [-0.2, 0) is 16.1 Å². The van der Waals surface area contributed by atoms with Crippen molar-refractivity contribution in [3.05, 3.63) is 24.2 Å².